The van der Waals surface area contributed by atoms with Crippen molar-refractivity contribution in [1.29, 1.82) is 0 Å². The number of aromatic hydroxyl groups is 1. The molecule has 2 nitrogen and oxygen atoms in total. The van der Waals surface area contributed by atoms with E-state index in [4.69, 9.17) is 0 Å². The quantitative estimate of drug-likeness (QED) is 0.880. The largest absolute Gasteiger partial charge is 0.507 e. The maximum Gasteiger partial charge on any atom is 0.129 e. The van der Waals surface area contributed by atoms with Gasteiger partial charge in [-0.2, -0.15) is 0 Å². The highest BCUT2D eigenvalue weighted by Crippen LogP contribution is 2.24. The zero-order valence-electron chi connectivity index (χ0n) is 9.47. The number of halogens is 1. The van der Waals surface area contributed by atoms with Crippen LogP contribution in [0.2, 0.25) is 0 Å². The Morgan fingerprint density at radius 3 is 2.60 bits per heavy atom. The molecule has 0 fully saturated rings. The third-order valence-electron chi connectivity index (χ3n) is 2.67. The molecule has 0 aromatic heterocycles. The number of phenolic OH excluding ortho intramolecular Hbond substituents is 1. The van der Waals surface area contributed by atoms with E-state index in [-0.39, 0.29) is 11.3 Å². The Morgan fingerprint density at radius 1 is 1.40 bits per heavy atom. The van der Waals surface area contributed by atoms with Crippen molar-refractivity contribution < 1.29 is 5.11 Å². The molecule has 2 N–H and O–H groups in total. The van der Waals surface area contributed by atoms with E-state index in [0.29, 0.717) is 0 Å². The van der Waals surface area contributed by atoms with Gasteiger partial charge in [0.2, 0.25) is 0 Å². The van der Waals surface area contributed by atoms with Gasteiger partial charge in [0.05, 0.1) is 4.47 Å². The second-order valence-electron chi connectivity index (χ2n) is 4.38. The molecule has 1 aromatic rings. The fourth-order valence-corrected chi connectivity index (χ4v) is 1.55. The highest BCUT2D eigenvalue weighted by Gasteiger charge is 2.13. The Balaban J connectivity index is 2.62. The van der Waals surface area contributed by atoms with E-state index in [9.17, 15) is 5.11 Å². The molecule has 3 heteroatoms. The minimum absolute atomic E-state index is 0.157. The Morgan fingerprint density at radius 2 is 2.07 bits per heavy atom. The van der Waals surface area contributed by atoms with Crippen LogP contribution >= 0.6 is 15.9 Å². The summed E-state index contributed by atoms with van der Waals surface area (Å²) in [6, 6.07) is 5.58. The standard InChI is InChI=1S/C12H18BrNO/c1-4-12(2,3)14-8-9-5-6-11(15)10(13)7-9/h5-7,14-15H,4,8H2,1-3H3. The van der Waals surface area contributed by atoms with E-state index in [1.165, 1.54) is 5.56 Å². The molecule has 0 amide bonds. The number of rotatable bonds is 4. The summed E-state index contributed by atoms with van der Waals surface area (Å²) in [6.07, 6.45) is 1.09. The van der Waals surface area contributed by atoms with Crippen LogP contribution in [0.5, 0.6) is 5.75 Å². The predicted octanol–water partition coefficient (Wildman–Crippen LogP) is 3.43. The van der Waals surface area contributed by atoms with Gasteiger partial charge in [0.15, 0.2) is 0 Å². The number of hydrogen-bond donors (Lipinski definition) is 2. The molecular weight excluding hydrogens is 254 g/mol. The fraction of sp³-hybridized carbons (Fsp3) is 0.500. The van der Waals surface area contributed by atoms with Crippen molar-refractivity contribution >= 4 is 15.9 Å². The summed E-state index contributed by atoms with van der Waals surface area (Å²) in [5.74, 6) is 0.286. The van der Waals surface area contributed by atoms with Crippen LogP contribution < -0.4 is 5.32 Å². The van der Waals surface area contributed by atoms with E-state index in [1.54, 1.807) is 6.07 Å². The third kappa shape index (κ3) is 3.84. The molecule has 0 bridgehead atoms. The zero-order chi connectivity index (χ0) is 11.5. The van der Waals surface area contributed by atoms with Gasteiger partial charge in [0.25, 0.3) is 0 Å². The van der Waals surface area contributed by atoms with Crippen LogP contribution in [0.1, 0.15) is 32.8 Å². The number of phenols is 1. The van der Waals surface area contributed by atoms with Gasteiger partial charge in [-0.1, -0.05) is 13.0 Å². The Kier molecular flexibility index (Phi) is 4.17. The average molecular weight is 272 g/mol. The maximum atomic E-state index is 9.35. The van der Waals surface area contributed by atoms with Crippen molar-refractivity contribution in [3.63, 3.8) is 0 Å². The lowest BCUT2D eigenvalue weighted by Crippen LogP contribution is -2.37. The summed E-state index contributed by atoms with van der Waals surface area (Å²) in [5.41, 5.74) is 1.32. The summed E-state index contributed by atoms with van der Waals surface area (Å²) >= 11 is 3.31. The van der Waals surface area contributed by atoms with Crippen molar-refractivity contribution in [2.45, 2.75) is 39.3 Å². The topological polar surface area (TPSA) is 32.3 Å². The van der Waals surface area contributed by atoms with Crippen LogP contribution in [-0.2, 0) is 6.54 Å². The average Bonchev–Trinajstić information content (AvgIpc) is 2.20. The lowest BCUT2D eigenvalue weighted by molar-refractivity contribution is 0.374. The van der Waals surface area contributed by atoms with Crippen molar-refractivity contribution in [3.05, 3.63) is 28.2 Å². The second kappa shape index (κ2) is 4.99. The summed E-state index contributed by atoms with van der Waals surface area (Å²) < 4.78 is 0.746. The normalized spacial score (nSPS) is 11.7. The van der Waals surface area contributed by atoms with E-state index >= 15 is 0 Å². The van der Waals surface area contributed by atoms with E-state index < -0.39 is 0 Å². The van der Waals surface area contributed by atoms with Crippen LogP contribution in [0.15, 0.2) is 22.7 Å². The molecule has 0 aliphatic heterocycles. The van der Waals surface area contributed by atoms with Crippen LogP contribution in [0, 0.1) is 0 Å². The Bertz CT molecular complexity index is 336. The summed E-state index contributed by atoms with van der Waals surface area (Å²) in [5, 5.41) is 12.8. The van der Waals surface area contributed by atoms with Crippen LogP contribution in [-0.4, -0.2) is 10.6 Å². The third-order valence-corrected chi connectivity index (χ3v) is 3.30. The first-order valence-corrected chi connectivity index (χ1v) is 5.96. The lowest BCUT2D eigenvalue weighted by atomic mass is 10.0. The number of hydrogen-bond acceptors (Lipinski definition) is 2. The molecule has 1 aromatic carbocycles. The summed E-state index contributed by atoms with van der Waals surface area (Å²) in [7, 11) is 0. The van der Waals surface area contributed by atoms with E-state index in [2.05, 4.69) is 42.0 Å². The SMILES string of the molecule is CCC(C)(C)NCc1ccc(O)c(Br)c1. The van der Waals surface area contributed by atoms with Gasteiger partial charge in [0, 0.05) is 12.1 Å². The fourth-order valence-electron chi connectivity index (χ4n) is 1.13. The molecule has 0 spiro atoms. The molecule has 0 radical (unpaired) electrons. The molecule has 1 rings (SSSR count). The Labute approximate surface area is 99.8 Å². The molecule has 0 aliphatic rings. The summed E-state index contributed by atoms with van der Waals surface area (Å²) in [4.78, 5) is 0. The van der Waals surface area contributed by atoms with Crippen LogP contribution in [0.4, 0.5) is 0 Å². The van der Waals surface area contributed by atoms with Crippen LogP contribution in [0.3, 0.4) is 0 Å². The number of nitrogens with one attached hydrogen (secondary N) is 1. The van der Waals surface area contributed by atoms with Gasteiger partial charge in [-0.25, -0.2) is 0 Å². The first-order valence-electron chi connectivity index (χ1n) is 5.17. The van der Waals surface area contributed by atoms with Gasteiger partial charge < -0.3 is 10.4 Å². The molecule has 0 heterocycles. The number of benzene rings is 1. The Hall–Kier alpha value is -0.540. The second-order valence-corrected chi connectivity index (χ2v) is 5.23. The molecular formula is C12H18BrNO. The molecule has 0 aliphatic carbocycles. The minimum atomic E-state index is 0.157. The predicted molar refractivity (Wildman–Crippen MR) is 67.0 cm³/mol. The monoisotopic (exact) mass is 271 g/mol. The van der Waals surface area contributed by atoms with Crippen LogP contribution in [0.25, 0.3) is 0 Å². The first kappa shape index (κ1) is 12.5. The maximum absolute atomic E-state index is 9.35. The summed E-state index contributed by atoms with van der Waals surface area (Å²) in [6.45, 7) is 7.35. The van der Waals surface area contributed by atoms with Gasteiger partial charge in [-0.3, -0.25) is 0 Å². The van der Waals surface area contributed by atoms with Gasteiger partial charge >= 0.3 is 0 Å². The van der Waals surface area contributed by atoms with Gasteiger partial charge in [0.1, 0.15) is 5.75 Å². The smallest absolute Gasteiger partial charge is 0.129 e. The highest BCUT2D eigenvalue weighted by atomic mass is 79.9. The molecule has 84 valence electrons. The van der Waals surface area contributed by atoms with Gasteiger partial charge in [-0.15, -0.1) is 0 Å². The molecule has 0 saturated carbocycles. The van der Waals surface area contributed by atoms with Crippen molar-refractivity contribution in [2.24, 2.45) is 0 Å². The highest BCUT2D eigenvalue weighted by molar-refractivity contribution is 9.10. The van der Waals surface area contributed by atoms with E-state index in [0.717, 1.165) is 17.4 Å². The van der Waals surface area contributed by atoms with Crippen molar-refractivity contribution in [1.82, 2.24) is 5.32 Å². The van der Waals surface area contributed by atoms with E-state index in [1.807, 2.05) is 12.1 Å². The van der Waals surface area contributed by atoms with Crippen molar-refractivity contribution in [2.75, 3.05) is 0 Å². The van der Waals surface area contributed by atoms with Gasteiger partial charge in [-0.05, 0) is 53.9 Å². The first-order chi connectivity index (χ1) is 6.94. The minimum Gasteiger partial charge on any atom is -0.507 e. The molecule has 0 atom stereocenters. The molecule has 0 unspecified atom stereocenters. The molecule has 0 saturated heterocycles. The zero-order valence-corrected chi connectivity index (χ0v) is 11.1. The van der Waals surface area contributed by atoms with Crippen molar-refractivity contribution in [3.8, 4) is 5.75 Å². The lowest BCUT2D eigenvalue weighted by Gasteiger charge is -2.24. The molecule has 15 heavy (non-hydrogen) atoms.